The highest BCUT2D eigenvalue weighted by atomic mass is 16.3. The van der Waals surface area contributed by atoms with Gasteiger partial charge in [-0.1, -0.05) is 19.4 Å². The molecule has 0 bridgehead atoms. The third-order valence-corrected chi connectivity index (χ3v) is 10.7. The Bertz CT molecular complexity index is 656. The quantitative estimate of drug-likeness (QED) is 0.519. The summed E-state index contributed by atoms with van der Waals surface area (Å²) in [7, 11) is 0. The maximum absolute atomic E-state index is 11.5. The summed E-state index contributed by atoms with van der Waals surface area (Å²) < 4.78 is 0. The van der Waals surface area contributed by atoms with E-state index in [9.17, 15) is 15.3 Å². The van der Waals surface area contributed by atoms with Crippen molar-refractivity contribution >= 4 is 0 Å². The predicted molar refractivity (Wildman–Crippen MR) is 122 cm³/mol. The zero-order chi connectivity index (χ0) is 21.9. The van der Waals surface area contributed by atoms with Crippen molar-refractivity contribution in [2.75, 3.05) is 0 Å². The van der Waals surface area contributed by atoms with Crippen LogP contribution < -0.4 is 0 Å². The maximum Gasteiger partial charge on any atom is 0.0653 e. The van der Waals surface area contributed by atoms with Gasteiger partial charge in [0.15, 0.2) is 0 Å². The second-order valence-electron chi connectivity index (χ2n) is 12.6. The Kier molecular flexibility index (Phi) is 5.99. The second kappa shape index (κ2) is 7.89. The van der Waals surface area contributed by atoms with E-state index < -0.39 is 5.60 Å². The fourth-order valence-corrected chi connectivity index (χ4v) is 9.22. The van der Waals surface area contributed by atoms with E-state index in [1.54, 1.807) is 0 Å². The van der Waals surface area contributed by atoms with Gasteiger partial charge in [0.05, 0.1) is 17.8 Å². The van der Waals surface area contributed by atoms with Gasteiger partial charge in [-0.15, -0.1) is 6.58 Å². The van der Waals surface area contributed by atoms with Crippen molar-refractivity contribution in [3.63, 3.8) is 0 Å². The summed E-state index contributed by atoms with van der Waals surface area (Å²) in [6, 6.07) is 0. The van der Waals surface area contributed by atoms with Gasteiger partial charge in [0.25, 0.3) is 0 Å². The Balaban J connectivity index is 1.54. The largest absolute Gasteiger partial charge is 0.393 e. The zero-order valence-electron chi connectivity index (χ0n) is 19.9. The van der Waals surface area contributed by atoms with Gasteiger partial charge in [-0.05, 0) is 125 Å². The highest BCUT2D eigenvalue weighted by molar-refractivity contribution is 5.13. The average Bonchev–Trinajstić information content (AvgIpc) is 3.01. The first-order valence-electron chi connectivity index (χ1n) is 12.7. The molecule has 0 heterocycles. The molecule has 3 unspecified atom stereocenters. The first-order chi connectivity index (χ1) is 14.0. The summed E-state index contributed by atoms with van der Waals surface area (Å²) in [5, 5.41) is 32.9. The molecule has 4 aliphatic carbocycles. The van der Waals surface area contributed by atoms with Gasteiger partial charge in [0.1, 0.15) is 0 Å². The van der Waals surface area contributed by atoms with Crippen molar-refractivity contribution in [2.24, 2.45) is 40.4 Å². The molecule has 3 nitrogen and oxygen atoms in total. The van der Waals surface area contributed by atoms with E-state index in [-0.39, 0.29) is 29.0 Å². The van der Waals surface area contributed by atoms with Crippen LogP contribution in [0.4, 0.5) is 0 Å². The molecular weight excluding hydrogens is 372 g/mol. The SMILES string of the molecule is C=C(C)CCC[C@](C)(O)[C@H]1CCC2C3C[C@H](O)[C@H]4C[C@@H](O)CC[C@]4(C)C3CC[C@@]21C. The van der Waals surface area contributed by atoms with Crippen molar-refractivity contribution in [3.8, 4) is 0 Å². The maximum atomic E-state index is 11.5. The summed E-state index contributed by atoms with van der Waals surface area (Å²) in [6.07, 6.45) is 10.8. The van der Waals surface area contributed by atoms with Crippen LogP contribution in [0.1, 0.15) is 98.3 Å². The Morgan fingerprint density at radius 3 is 2.33 bits per heavy atom. The highest BCUT2D eigenvalue weighted by Gasteiger charge is 2.63. The molecule has 4 aliphatic rings. The van der Waals surface area contributed by atoms with Crippen LogP contribution in [0.5, 0.6) is 0 Å². The van der Waals surface area contributed by atoms with Gasteiger partial charge >= 0.3 is 0 Å². The molecule has 30 heavy (non-hydrogen) atoms. The van der Waals surface area contributed by atoms with Gasteiger partial charge in [0.2, 0.25) is 0 Å². The van der Waals surface area contributed by atoms with Crippen LogP contribution in [0, 0.1) is 40.4 Å². The molecule has 0 aliphatic heterocycles. The van der Waals surface area contributed by atoms with E-state index in [2.05, 4.69) is 34.3 Å². The molecule has 0 aromatic heterocycles. The monoisotopic (exact) mass is 418 g/mol. The molecule has 0 spiro atoms. The van der Waals surface area contributed by atoms with E-state index in [1.165, 1.54) is 24.8 Å². The van der Waals surface area contributed by atoms with Gasteiger partial charge in [-0.3, -0.25) is 0 Å². The van der Waals surface area contributed by atoms with Crippen LogP contribution in [-0.2, 0) is 0 Å². The van der Waals surface area contributed by atoms with Crippen molar-refractivity contribution in [1.82, 2.24) is 0 Å². The van der Waals surface area contributed by atoms with Crippen molar-refractivity contribution in [3.05, 3.63) is 12.2 Å². The number of hydrogen-bond donors (Lipinski definition) is 3. The van der Waals surface area contributed by atoms with E-state index >= 15 is 0 Å². The van der Waals surface area contributed by atoms with Gasteiger partial charge in [0, 0.05) is 0 Å². The molecule has 0 saturated heterocycles. The minimum absolute atomic E-state index is 0.172. The number of fused-ring (bicyclic) bond motifs is 5. The Labute approximate surface area is 184 Å². The lowest BCUT2D eigenvalue weighted by molar-refractivity contribution is -0.179. The number of hydrogen-bond acceptors (Lipinski definition) is 3. The van der Waals surface area contributed by atoms with Crippen LogP contribution in [0.25, 0.3) is 0 Å². The molecule has 4 saturated carbocycles. The second-order valence-corrected chi connectivity index (χ2v) is 12.6. The molecule has 4 rings (SSSR count). The van der Waals surface area contributed by atoms with E-state index in [1.807, 2.05) is 0 Å². The lowest BCUT2D eigenvalue weighted by atomic mass is 9.43. The molecule has 0 aromatic carbocycles. The van der Waals surface area contributed by atoms with E-state index in [4.69, 9.17) is 0 Å². The topological polar surface area (TPSA) is 60.7 Å². The van der Waals surface area contributed by atoms with E-state index in [0.717, 1.165) is 51.4 Å². The first kappa shape index (κ1) is 22.8. The molecule has 0 aromatic rings. The standard InChI is InChI=1S/C27H46O3/c1-17(2)7-6-12-27(5,30)24-9-8-20-19-16-23(29)22-15-18(28)10-13-25(22,3)21(19)11-14-26(20,24)4/h18-24,28-30H,1,6-16H2,2-5H3/t18-,19?,20?,21?,22+,23-,24-,25+,26-,27-/m0/s1. The fourth-order valence-electron chi connectivity index (χ4n) is 9.22. The van der Waals surface area contributed by atoms with Crippen molar-refractivity contribution in [1.29, 1.82) is 0 Å². The normalized spacial score (nSPS) is 50.2. The number of allylic oxidation sites excluding steroid dienone is 1. The van der Waals surface area contributed by atoms with Gasteiger partial charge in [-0.2, -0.15) is 0 Å². The molecule has 0 amide bonds. The molecule has 3 N–H and O–H groups in total. The molecule has 172 valence electrons. The molecule has 10 atom stereocenters. The van der Waals surface area contributed by atoms with Crippen LogP contribution in [0.3, 0.4) is 0 Å². The average molecular weight is 419 g/mol. The van der Waals surface area contributed by atoms with Crippen LogP contribution >= 0.6 is 0 Å². The minimum atomic E-state index is -0.611. The number of aliphatic hydroxyl groups excluding tert-OH is 2. The molecular formula is C27H46O3. The summed E-state index contributed by atoms with van der Waals surface area (Å²) in [5.74, 6) is 2.48. The zero-order valence-corrected chi connectivity index (χ0v) is 19.9. The Hall–Kier alpha value is -0.380. The smallest absolute Gasteiger partial charge is 0.0653 e. The third kappa shape index (κ3) is 3.61. The molecule has 3 heteroatoms. The summed E-state index contributed by atoms with van der Waals surface area (Å²) in [4.78, 5) is 0. The molecule has 0 radical (unpaired) electrons. The Morgan fingerprint density at radius 2 is 1.63 bits per heavy atom. The minimum Gasteiger partial charge on any atom is -0.393 e. The summed E-state index contributed by atoms with van der Waals surface area (Å²) in [5.41, 5.74) is 0.953. The van der Waals surface area contributed by atoms with Gasteiger partial charge in [-0.25, -0.2) is 0 Å². The number of aliphatic hydroxyl groups is 3. The van der Waals surface area contributed by atoms with Crippen molar-refractivity contribution in [2.45, 2.75) is 116 Å². The van der Waals surface area contributed by atoms with Crippen LogP contribution in [-0.4, -0.2) is 33.1 Å². The lowest BCUT2D eigenvalue weighted by Gasteiger charge is -2.62. The van der Waals surface area contributed by atoms with Crippen LogP contribution in [0.2, 0.25) is 0 Å². The highest BCUT2D eigenvalue weighted by Crippen LogP contribution is 2.68. The fraction of sp³-hybridized carbons (Fsp3) is 0.926. The molecule has 4 fully saturated rings. The summed E-state index contributed by atoms with van der Waals surface area (Å²) in [6.45, 7) is 13.1. The Morgan fingerprint density at radius 1 is 0.967 bits per heavy atom. The third-order valence-electron chi connectivity index (χ3n) is 10.7. The lowest BCUT2D eigenvalue weighted by Crippen LogP contribution is -2.59. The van der Waals surface area contributed by atoms with Crippen molar-refractivity contribution < 1.29 is 15.3 Å². The number of rotatable bonds is 5. The summed E-state index contributed by atoms with van der Waals surface area (Å²) >= 11 is 0. The predicted octanol–water partition coefficient (Wildman–Crippen LogP) is 5.47. The van der Waals surface area contributed by atoms with Gasteiger partial charge < -0.3 is 15.3 Å². The first-order valence-corrected chi connectivity index (χ1v) is 12.7. The van der Waals surface area contributed by atoms with Crippen LogP contribution in [0.15, 0.2) is 12.2 Å². The van der Waals surface area contributed by atoms with E-state index in [0.29, 0.717) is 23.7 Å².